The Morgan fingerprint density at radius 2 is 1.83 bits per heavy atom. The van der Waals surface area contributed by atoms with Gasteiger partial charge in [0.1, 0.15) is 12.0 Å². The van der Waals surface area contributed by atoms with Gasteiger partial charge in [-0.1, -0.05) is 56.3 Å². The molecule has 1 fully saturated rings. The van der Waals surface area contributed by atoms with E-state index in [1.54, 1.807) is 6.92 Å². The number of allylic oxidation sites excluding steroid dienone is 2. The van der Waals surface area contributed by atoms with Gasteiger partial charge < -0.3 is 4.74 Å². The molecule has 1 aliphatic carbocycles. The minimum atomic E-state index is -0.230. The van der Waals surface area contributed by atoms with Crippen LogP contribution in [0, 0.1) is 17.3 Å². The van der Waals surface area contributed by atoms with Crippen LogP contribution in [0.4, 0.5) is 0 Å². The maximum atomic E-state index is 12.6. The summed E-state index contributed by atoms with van der Waals surface area (Å²) in [5, 5.41) is 1.97. The Bertz CT molecular complexity index is 796. The van der Waals surface area contributed by atoms with Crippen molar-refractivity contribution in [3.05, 3.63) is 54.1 Å². The fourth-order valence-electron chi connectivity index (χ4n) is 3.22. The molecule has 0 N–H and O–H groups in total. The van der Waals surface area contributed by atoms with Crippen molar-refractivity contribution in [1.82, 2.24) is 0 Å². The molecular formula is C20H20O3. The van der Waals surface area contributed by atoms with E-state index < -0.39 is 0 Å². The number of esters is 1. The molecule has 0 radical (unpaired) electrons. The molecular weight excluding hydrogens is 288 g/mol. The normalized spacial score (nSPS) is 22.7. The molecule has 2 unspecified atom stereocenters. The lowest BCUT2D eigenvalue weighted by Gasteiger charge is -2.08. The zero-order valence-electron chi connectivity index (χ0n) is 13.6. The summed E-state index contributed by atoms with van der Waals surface area (Å²) in [6.07, 6.45) is 2.70. The lowest BCUT2D eigenvalue weighted by Crippen LogP contribution is -2.14. The van der Waals surface area contributed by atoms with Crippen molar-refractivity contribution in [3.63, 3.8) is 0 Å². The number of benzene rings is 2. The van der Waals surface area contributed by atoms with Gasteiger partial charge >= 0.3 is 5.97 Å². The number of hydrogen-bond acceptors (Lipinski definition) is 3. The molecule has 0 bridgehead atoms. The molecule has 0 amide bonds. The number of rotatable bonds is 4. The van der Waals surface area contributed by atoms with Crippen molar-refractivity contribution >= 4 is 23.0 Å². The Labute approximate surface area is 136 Å². The van der Waals surface area contributed by atoms with Crippen LogP contribution in [0.25, 0.3) is 10.8 Å². The second-order valence-electron chi connectivity index (χ2n) is 6.75. The van der Waals surface area contributed by atoms with Gasteiger partial charge in [-0.2, -0.15) is 0 Å². The van der Waals surface area contributed by atoms with E-state index in [-0.39, 0.29) is 23.2 Å². The molecule has 2 aromatic rings. The zero-order valence-corrected chi connectivity index (χ0v) is 13.6. The van der Waals surface area contributed by atoms with Gasteiger partial charge in [-0.25, -0.2) is 0 Å². The minimum Gasteiger partial charge on any atom is -0.426 e. The fraction of sp³-hybridized carbons (Fsp3) is 0.300. The highest BCUT2D eigenvalue weighted by Crippen LogP contribution is 2.59. The summed E-state index contributed by atoms with van der Waals surface area (Å²) < 4.78 is 5.68. The number of ether oxygens (including phenoxy) is 1. The Morgan fingerprint density at radius 1 is 1.13 bits per heavy atom. The van der Waals surface area contributed by atoms with Crippen LogP contribution in [0.2, 0.25) is 0 Å². The van der Waals surface area contributed by atoms with E-state index in [1.807, 2.05) is 62.4 Å². The summed E-state index contributed by atoms with van der Waals surface area (Å²) in [7, 11) is 0. The molecule has 0 heterocycles. The van der Waals surface area contributed by atoms with Crippen LogP contribution in [-0.4, -0.2) is 12.3 Å². The second kappa shape index (κ2) is 5.65. The highest BCUT2D eigenvalue weighted by Gasteiger charge is 2.61. The largest absolute Gasteiger partial charge is 0.426 e. The average molecular weight is 308 g/mol. The first-order chi connectivity index (χ1) is 10.9. The van der Waals surface area contributed by atoms with Crippen molar-refractivity contribution in [2.45, 2.75) is 20.8 Å². The quantitative estimate of drug-likeness (QED) is 0.368. The van der Waals surface area contributed by atoms with Crippen molar-refractivity contribution in [1.29, 1.82) is 0 Å². The van der Waals surface area contributed by atoms with E-state index in [4.69, 9.17) is 4.74 Å². The monoisotopic (exact) mass is 308 g/mol. The molecule has 0 aromatic heterocycles. The summed E-state index contributed by atoms with van der Waals surface area (Å²) in [5.41, 5.74) is 0.481. The predicted molar refractivity (Wildman–Crippen MR) is 90.2 cm³/mol. The van der Waals surface area contributed by atoms with E-state index in [0.717, 1.165) is 17.1 Å². The highest BCUT2D eigenvalue weighted by molar-refractivity contribution is 5.91. The van der Waals surface area contributed by atoms with Crippen molar-refractivity contribution in [2.75, 3.05) is 0 Å². The van der Waals surface area contributed by atoms with E-state index in [1.165, 1.54) is 0 Å². The van der Waals surface area contributed by atoms with Crippen LogP contribution in [0.15, 0.2) is 54.1 Å². The summed E-state index contributed by atoms with van der Waals surface area (Å²) in [6, 6.07) is 13.5. The smallest absolute Gasteiger partial charge is 0.315 e. The molecule has 1 saturated carbocycles. The fourth-order valence-corrected chi connectivity index (χ4v) is 3.22. The van der Waals surface area contributed by atoms with Gasteiger partial charge in [-0.05, 0) is 35.3 Å². The van der Waals surface area contributed by atoms with Gasteiger partial charge in [0.25, 0.3) is 0 Å². The predicted octanol–water partition coefficient (Wildman–Crippen LogP) is 4.16. The zero-order chi connectivity index (χ0) is 16.6. The molecule has 23 heavy (non-hydrogen) atoms. The van der Waals surface area contributed by atoms with Crippen LogP contribution in [0.1, 0.15) is 20.8 Å². The summed E-state index contributed by atoms with van der Waals surface area (Å²) in [4.78, 5) is 23.4. The minimum absolute atomic E-state index is 0.0511. The number of carbonyl (C=O) groups is 2. The lowest BCUT2D eigenvalue weighted by atomic mass is 10.1. The van der Waals surface area contributed by atoms with Gasteiger partial charge in [-0.15, -0.1) is 0 Å². The molecule has 0 saturated heterocycles. The molecule has 2 atom stereocenters. The number of hydrogen-bond donors (Lipinski definition) is 0. The third-order valence-electron chi connectivity index (χ3n) is 4.75. The SMILES string of the molecule is CC(C=O)=CC1C(C(=O)Oc2cccc3ccccc23)C1(C)C. The summed E-state index contributed by atoms with van der Waals surface area (Å²) in [5.74, 6) is 0.198. The Balaban J connectivity index is 1.83. The van der Waals surface area contributed by atoms with E-state index in [9.17, 15) is 9.59 Å². The van der Waals surface area contributed by atoms with Gasteiger partial charge in [0, 0.05) is 5.39 Å². The van der Waals surface area contributed by atoms with E-state index in [0.29, 0.717) is 11.3 Å². The Kier molecular flexibility index (Phi) is 3.80. The van der Waals surface area contributed by atoms with Gasteiger partial charge in [-0.3, -0.25) is 9.59 Å². The summed E-state index contributed by atoms with van der Waals surface area (Å²) in [6.45, 7) is 5.82. The first-order valence-electron chi connectivity index (χ1n) is 7.78. The number of carbonyl (C=O) groups excluding carboxylic acids is 2. The molecule has 1 aliphatic rings. The van der Waals surface area contributed by atoms with Gasteiger partial charge in [0.2, 0.25) is 0 Å². The molecule has 3 heteroatoms. The lowest BCUT2D eigenvalue weighted by molar-refractivity contribution is -0.136. The van der Waals surface area contributed by atoms with Gasteiger partial charge in [0.05, 0.1) is 5.92 Å². The number of aldehydes is 1. The first kappa shape index (κ1) is 15.5. The van der Waals surface area contributed by atoms with Crippen molar-refractivity contribution < 1.29 is 14.3 Å². The first-order valence-corrected chi connectivity index (χ1v) is 7.78. The van der Waals surface area contributed by atoms with Crippen LogP contribution in [0.3, 0.4) is 0 Å². The van der Waals surface area contributed by atoms with Crippen LogP contribution < -0.4 is 4.74 Å². The third kappa shape index (κ3) is 2.79. The average Bonchev–Trinajstić information content (AvgIpc) is 3.08. The van der Waals surface area contributed by atoms with Gasteiger partial charge in [0.15, 0.2) is 0 Å². The van der Waals surface area contributed by atoms with Crippen molar-refractivity contribution in [2.24, 2.45) is 17.3 Å². The molecule has 118 valence electrons. The Morgan fingerprint density at radius 3 is 2.57 bits per heavy atom. The third-order valence-corrected chi connectivity index (χ3v) is 4.75. The summed E-state index contributed by atoms with van der Waals surface area (Å²) >= 11 is 0. The Hall–Kier alpha value is -2.42. The van der Waals surface area contributed by atoms with Crippen LogP contribution >= 0.6 is 0 Å². The van der Waals surface area contributed by atoms with Crippen LogP contribution in [-0.2, 0) is 9.59 Å². The maximum Gasteiger partial charge on any atom is 0.315 e. The van der Waals surface area contributed by atoms with E-state index in [2.05, 4.69) is 0 Å². The molecule has 0 aliphatic heterocycles. The molecule has 0 spiro atoms. The maximum absolute atomic E-state index is 12.6. The topological polar surface area (TPSA) is 43.4 Å². The standard InChI is InChI=1S/C20H20O3/c1-13(12-21)11-16-18(20(16,2)3)19(22)23-17-10-6-8-14-7-4-5-9-15(14)17/h4-12,16,18H,1-3H3. The second-order valence-corrected chi connectivity index (χ2v) is 6.75. The molecule has 3 nitrogen and oxygen atoms in total. The number of fused-ring (bicyclic) bond motifs is 1. The van der Waals surface area contributed by atoms with E-state index >= 15 is 0 Å². The van der Waals surface area contributed by atoms with Crippen molar-refractivity contribution in [3.8, 4) is 5.75 Å². The highest BCUT2D eigenvalue weighted by atomic mass is 16.5. The molecule has 2 aromatic carbocycles. The van der Waals surface area contributed by atoms with Crippen LogP contribution in [0.5, 0.6) is 5.75 Å². The molecule has 3 rings (SSSR count).